The Labute approximate surface area is 101 Å². The highest BCUT2D eigenvalue weighted by Crippen LogP contribution is 2.19. The number of anilines is 1. The summed E-state index contributed by atoms with van der Waals surface area (Å²) in [6.45, 7) is 0.568. The van der Waals surface area contributed by atoms with Crippen LogP contribution in [-0.2, 0) is 6.61 Å². The lowest BCUT2D eigenvalue weighted by Gasteiger charge is -2.13. The largest absolute Gasteiger partial charge is 0.489 e. The van der Waals surface area contributed by atoms with Gasteiger partial charge in [0.05, 0.1) is 5.69 Å². The van der Waals surface area contributed by atoms with E-state index < -0.39 is 0 Å². The van der Waals surface area contributed by atoms with Gasteiger partial charge in [0.1, 0.15) is 12.4 Å². The highest BCUT2D eigenvalue weighted by Gasteiger charge is 1.99. The van der Waals surface area contributed by atoms with E-state index in [1.165, 1.54) is 0 Å². The molecule has 17 heavy (non-hydrogen) atoms. The zero-order chi connectivity index (χ0) is 12.1. The van der Waals surface area contributed by atoms with Crippen LogP contribution in [0.5, 0.6) is 5.75 Å². The van der Waals surface area contributed by atoms with Gasteiger partial charge < -0.3 is 9.75 Å². The van der Waals surface area contributed by atoms with E-state index in [0.29, 0.717) is 6.61 Å². The van der Waals surface area contributed by atoms with Gasteiger partial charge in [-0.1, -0.05) is 36.4 Å². The summed E-state index contributed by atoms with van der Waals surface area (Å²) in [4.78, 5) is 0. The van der Waals surface area contributed by atoms with Gasteiger partial charge in [-0.15, -0.1) is 0 Å². The minimum Gasteiger partial charge on any atom is -0.489 e. The first-order valence-corrected chi connectivity index (χ1v) is 5.51. The van der Waals surface area contributed by atoms with Crippen LogP contribution in [0.25, 0.3) is 0 Å². The molecule has 0 saturated carbocycles. The molecule has 2 aromatic rings. The maximum Gasteiger partial charge on any atom is 0.121 e. The van der Waals surface area contributed by atoms with E-state index in [0.717, 1.165) is 17.0 Å². The summed E-state index contributed by atoms with van der Waals surface area (Å²) < 4.78 is 5.70. The summed E-state index contributed by atoms with van der Waals surface area (Å²) in [7, 11) is 1.80. The number of nitrogens with zero attached hydrogens (tertiary/aromatic N) is 1. The highest BCUT2D eigenvalue weighted by atomic mass is 16.5. The van der Waals surface area contributed by atoms with Crippen LogP contribution in [0.2, 0.25) is 0 Å². The molecule has 0 heterocycles. The average molecular weight is 228 g/mol. The predicted octanol–water partition coefficient (Wildman–Crippen LogP) is 2.58. The van der Waals surface area contributed by atoms with Gasteiger partial charge in [0, 0.05) is 13.1 Å². The molecule has 0 aromatic heterocycles. The number of ether oxygens (including phenoxy) is 1. The van der Waals surface area contributed by atoms with Crippen LogP contribution in [0.1, 0.15) is 5.56 Å². The summed E-state index contributed by atoms with van der Waals surface area (Å²) in [6.07, 6.45) is 0. The smallest absolute Gasteiger partial charge is 0.121 e. The fourth-order valence-corrected chi connectivity index (χ4v) is 1.53. The van der Waals surface area contributed by atoms with Gasteiger partial charge in [0.25, 0.3) is 0 Å². The number of nitrogens with two attached hydrogens (primary N) is 1. The Morgan fingerprint density at radius 2 is 1.82 bits per heavy atom. The van der Waals surface area contributed by atoms with Gasteiger partial charge in [0.2, 0.25) is 0 Å². The highest BCUT2D eigenvalue weighted by molar-refractivity contribution is 5.48. The van der Waals surface area contributed by atoms with Crippen molar-refractivity contribution in [1.82, 2.24) is 0 Å². The van der Waals surface area contributed by atoms with Gasteiger partial charge in [-0.2, -0.15) is 0 Å². The van der Waals surface area contributed by atoms with Crippen LogP contribution in [0, 0.1) is 0 Å². The molecule has 3 nitrogen and oxygen atoms in total. The second-order valence-corrected chi connectivity index (χ2v) is 3.88. The molecule has 88 valence electrons. The van der Waals surface area contributed by atoms with E-state index in [9.17, 15) is 0 Å². The van der Waals surface area contributed by atoms with Crippen LogP contribution in [-0.4, -0.2) is 7.05 Å². The fraction of sp³-hybridized carbons (Fsp3) is 0.143. The van der Waals surface area contributed by atoms with E-state index in [-0.39, 0.29) is 0 Å². The standard InChI is InChI=1S/C14H16N2O/c1-16(15)13-8-5-9-14(10-13)17-11-12-6-3-2-4-7-12/h2-10H,11,15H2,1H3. The molecule has 0 amide bonds. The molecule has 0 aliphatic heterocycles. The van der Waals surface area contributed by atoms with Crippen molar-refractivity contribution in [3.05, 3.63) is 60.2 Å². The topological polar surface area (TPSA) is 38.5 Å². The minimum atomic E-state index is 0.568. The van der Waals surface area contributed by atoms with E-state index in [2.05, 4.69) is 0 Å². The normalized spacial score (nSPS) is 10.0. The van der Waals surface area contributed by atoms with E-state index in [1.54, 1.807) is 12.1 Å². The van der Waals surface area contributed by atoms with Crippen molar-refractivity contribution in [2.24, 2.45) is 5.84 Å². The SMILES string of the molecule is CN(N)c1cccc(OCc2ccccc2)c1. The van der Waals surface area contributed by atoms with Crippen molar-refractivity contribution >= 4 is 5.69 Å². The zero-order valence-corrected chi connectivity index (χ0v) is 9.84. The van der Waals surface area contributed by atoms with Gasteiger partial charge >= 0.3 is 0 Å². The molecular formula is C14H16N2O. The molecule has 0 bridgehead atoms. The molecule has 0 saturated heterocycles. The molecule has 0 atom stereocenters. The maximum atomic E-state index is 5.70. The monoisotopic (exact) mass is 228 g/mol. The molecule has 0 aliphatic rings. The Morgan fingerprint density at radius 1 is 1.06 bits per heavy atom. The second kappa shape index (κ2) is 5.37. The van der Waals surface area contributed by atoms with Crippen molar-refractivity contribution in [1.29, 1.82) is 0 Å². The van der Waals surface area contributed by atoms with E-state index in [4.69, 9.17) is 10.6 Å². The Balaban J connectivity index is 2.02. The fourth-order valence-electron chi connectivity index (χ4n) is 1.53. The van der Waals surface area contributed by atoms with Crippen molar-refractivity contribution < 1.29 is 4.74 Å². The number of hydrazine groups is 1. The van der Waals surface area contributed by atoms with Crippen LogP contribution in [0.3, 0.4) is 0 Å². The van der Waals surface area contributed by atoms with Crippen LogP contribution < -0.4 is 15.6 Å². The van der Waals surface area contributed by atoms with Crippen molar-refractivity contribution in [3.8, 4) is 5.75 Å². The van der Waals surface area contributed by atoms with Crippen molar-refractivity contribution in [3.63, 3.8) is 0 Å². The molecule has 0 aliphatic carbocycles. The number of hydrogen-bond acceptors (Lipinski definition) is 3. The van der Waals surface area contributed by atoms with Crippen LogP contribution in [0.4, 0.5) is 5.69 Å². The predicted molar refractivity (Wildman–Crippen MR) is 69.8 cm³/mol. The molecule has 2 N–H and O–H groups in total. The Morgan fingerprint density at radius 3 is 2.53 bits per heavy atom. The van der Waals surface area contributed by atoms with Crippen molar-refractivity contribution in [2.75, 3.05) is 12.1 Å². The number of hydrogen-bond donors (Lipinski definition) is 1. The first-order chi connectivity index (χ1) is 8.25. The summed E-state index contributed by atoms with van der Waals surface area (Å²) in [5, 5.41) is 1.56. The average Bonchev–Trinajstić information content (AvgIpc) is 2.38. The molecule has 2 aromatic carbocycles. The zero-order valence-electron chi connectivity index (χ0n) is 9.84. The third kappa shape index (κ3) is 3.23. The number of benzene rings is 2. The Bertz CT molecular complexity index is 469. The first kappa shape index (κ1) is 11.5. The molecule has 0 radical (unpaired) electrons. The maximum absolute atomic E-state index is 5.70. The lowest BCUT2D eigenvalue weighted by molar-refractivity contribution is 0.306. The third-order valence-electron chi connectivity index (χ3n) is 2.47. The molecule has 0 spiro atoms. The quantitative estimate of drug-likeness (QED) is 0.645. The van der Waals surface area contributed by atoms with Crippen molar-refractivity contribution in [2.45, 2.75) is 6.61 Å². The molecular weight excluding hydrogens is 212 g/mol. The molecule has 0 unspecified atom stereocenters. The summed E-state index contributed by atoms with van der Waals surface area (Å²) >= 11 is 0. The summed E-state index contributed by atoms with van der Waals surface area (Å²) in [5.74, 6) is 6.49. The van der Waals surface area contributed by atoms with Crippen LogP contribution in [0.15, 0.2) is 54.6 Å². The lowest BCUT2D eigenvalue weighted by Crippen LogP contribution is -2.24. The lowest BCUT2D eigenvalue weighted by atomic mass is 10.2. The Kier molecular flexibility index (Phi) is 3.62. The molecule has 3 heteroatoms. The van der Waals surface area contributed by atoms with Crippen LogP contribution >= 0.6 is 0 Å². The third-order valence-corrected chi connectivity index (χ3v) is 2.47. The van der Waals surface area contributed by atoms with E-state index >= 15 is 0 Å². The van der Waals surface area contributed by atoms with Gasteiger partial charge in [0.15, 0.2) is 0 Å². The summed E-state index contributed by atoms with van der Waals surface area (Å²) in [5.41, 5.74) is 2.08. The van der Waals surface area contributed by atoms with Gasteiger partial charge in [-0.05, 0) is 17.7 Å². The van der Waals surface area contributed by atoms with Gasteiger partial charge in [-0.3, -0.25) is 0 Å². The minimum absolute atomic E-state index is 0.568. The van der Waals surface area contributed by atoms with E-state index in [1.807, 2.05) is 54.6 Å². The first-order valence-electron chi connectivity index (χ1n) is 5.51. The second-order valence-electron chi connectivity index (χ2n) is 3.88. The summed E-state index contributed by atoms with van der Waals surface area (Å²) in [6, 6.07) is 17.8. The number of rotatable bonds is 4. The molecule has 0 fully saturated rings. The molecule has 2 rings (SSSR count). The Hall–Kier alpha value is -2.00. The van der Waals surface area contributed by atoms with Gasteiger partial charge in [-0.25, -0.2) is 5.84 Å².